The molecule has 1 saturated heterocycles. The number of nitrogens with one attached hydrogen (secondary N) is 2. The van der Waals surface area contributed by atoms with Crippen molar-refractivity contribution in [1.82, 2.24) is 15.1 Å². The highest BCUT2D eigenvalue weighted by Crippen LogP contribution is 2.31. The van der Waals surface area contributed by atoms with Crippen molar-refractivity contribution in [3.05, 3.63) is 24.3 Å². The molecule has 0 bridgehead atoms. The molecule has 186 valence electrons. The molecule has 3 aliphatic rings. The third-order valence-corrected chi connectivity index (χ3v) is 7.16. The fourth-order valence-electron chi connectivity index (χ4n) is 4.87. The van der Waals surface area contributed by atoms with Gasteiger partial charge in [-0.05, 0) is 63.8 Å². The Hall–Kier alpha value is -2.77. The fraction of sp³-hybridized carbons (Fsp3) is 0.654. The minimum absolute atomic E-state index is 0.00430. The van der Waals surface area contributed by atoms with Crippen molar-refractivity contribution in [3.63, 3.8) is 0 Å². The summed E-state index contributed by atoms with van der Waals surface area (Å²) in [7, 11) is 0. The van der Waals surface area contributed by atoms with Gasteiger partial charge in [0.1, 0.15) is 6.54 Å². The standard InChI is InChI=1S/C26H39N5O3/c1-19(2)31(25(33)20-8-9-20)18-24(32)27-22-10-12-23(13-11-22)29-14-16-30(17-15-29)26(34)28-21-6-4-3-5-7-21/h10-13,19-21H,3-9,14-18H2,1-2H3,(H,27,32)(H,28,34). The van der Waals surface area contributed by atoms with Crippen molar-refractivity contribution in [3.8, 4) is 0 Å². The maximum Gasteiger partial charge on any atom is 0.317 e. The molecule has 2 aliphatic carbocycles. The average Bonchev–Trinajstić information content (AvgIpc) is 3.69. The zero-order valence-electron chi connectivity index (χ0n) is 20.6. The number of carbonyl (C=O) groups is 3. The number of carbonyl (C=O) groups excluding carboxylic acids is 3. The van der Waals surface area contributed by atoms with Crippen LogP contribution in [0.3, 0.4) is 0 Å². The summed E-state index contributed by atoms with van der Waals surface area (Å²) >= 11 is 0. The summed E-state index contributed by atoms with van der Waals surface area (Å²) in [5.74, 6) is 0.0217. The lowest BCUT2D eigenvalue weighted by Crippen LogP contribution is -2.53. The van der Waals surface area contributed by atoms with Crippen LogP contribution < -0.4 is 15.5 Å². The molecule has 0 radical (unpaired) electrons. The van der Waals surface area contributed by atoms with Crippen molar-refractivity contribution in [2.24, 2.45) is 5.92 Å². The number of urea groups is 1. The second kappa shape index (κ2) is 11.1. The van der Waals surface area contributed by atoms with Crippen LogP contribution in [-0.2, 0) is 9.59 Å². The number of nitrogens with zero attached hydrogens (tertiary/aromatic N) is 3. The third kappa shape index (κ3) is 6.42. The molecule has 4 amide bonds. The summed E-state index contributed by atoms with van der Waals surface area (Å²) in [5.41, 5.74) is 1.81. The second-order valence-corrected chi connectivity index (χ2v) is 10.2. The van der Waals surface area contributed by atoms with Gasteiger partial charge < -0.3 is 25.3 Å². The molecule has 1 heterocycles. The van der Waals surface area contributed by atoms with Gasteiger partial charge in [0.15, 0.2) is 0 Å². The predicted octanol–water partition coefficient (Wildman–Crippen LogP) is 3.44. The Morgan fingerprint density at radius 3 is 2.18 bits per heavy atom. The van der Waals surface area contributed by atoms with Gasteiger partial charge >= 0.3 is 6.03 Å². The Morgan fingerprint density at radius 2 is 1.59 bits per heavy atom. The van der Waals surface area contributed by atoms with Crippen LogP contribution in [-0.4, -0.2) is 72.5 Å². The zero-order chi connectivity index (χ0) is 24.1. The van der Waals surface area contributed by atoms with Crippen molar-refractivity contribution in [2.75, 3.05) is 42.9 Å². The Balaban J connectivity index is 1.23. The Bertz CT molecular complexity index is 854. The van der Waals surface area contributed by atoms with Crippen LogP contribution in [0.1, 0.15) is 58.8 Å². The van der Waals surface area contributed by atoms with Gasteiger partial charge in [0.25, 0.3) is 0 Å². The SMILES string of the molecule is CC(C)N(CC(=O)Nc1ccc(N2CCN(C(=O)NC3CCCCC3)CC2)cc1)C(=O)C1CC1. The van der Waals surface area contributed by atoms with E-state index in [2.05, 4.69) is 15.5 Å². The van der Waals surface area contributed by atoms with Crippen LogP contribution in [0.5, 0.6) is 0 Å². The summed E-state index contributed by atoms with van der Waals surface area (Å²) in [4.78, 5) is 43.4. The number of anilines is 2. The molecule has 0 unspecified atom stereocenters. The summed E-state index contributed by atoms with van der Waals surface area (Å²) < 4.78 is 0. The van der Waals surface area contributed by atoms with Crippen molar-refractivity contribution in [1.29, 1.82) is 0 Å². The number of benzene rings is 1. The largest absolute Gasteiger partial charge is 0.368 e. The summed E-state index contributed by atoms with van der Waals surface area (Å²) in [6.07, 6.45) is 7.77. The molecular weight excluding hydrogens is 430 g/mol. The van der Waals surface area contributed by atoms with E-state index in [1.54, 1.807) is 4.90 Å². The molecule has 1 aliphatic heterocycles. The highest BCUT2D eigenvalue weighted by atomic mass is 16.2. The first-order valence-electron chi connectivity index (χ1n) is 12.9. The summed E-state index contributed by atoms with van der Waals surface area (Å²) in [6.45, 7) is 6.96. The topological polar surface area (TPSA) is 85.0 Å². The van der Waals surface area contributed by atoms with Gasteiger partial charge in [-0.1, -0.05) is 19.3 Å². The lowest BCUT2D eigenvalue weighted by atomic mass is 9.96. The van der Waals surface area contributed by atoms with E-state index in [9.17, 15) is 14.4 Å². The van der Waals surface area contributed by atoms with Crippen molar-refractivity contribution >= 4 is 29.2 Å². The van der Waals surface area contributed by atoms with E-state index in [-0.39, 0.29) is 36.3 Å². The molecule has 34 heavy (non-hydrogen) atoms. The highest BCUT2D eigenvalue weighted by Gasteiger charge is 2.35. The first-order valence-corrected chi connectivity index (χ1v) is 12.9. The lowest BCUT2D eigenvalue weighted by Gasteiger charge is -2.37. The van der Waals surface area contributed by atoms with E-state index in [1.165, 1.54) is 19.3 Å². The average molecular weight is 470 g/mol. The van der Waals surface area contributed by atoms with Gasteiger partial charge in [-0.3, -0.25) is 9.59 Å². The summed E-state index contributed by atoms with van der Waals surface area (Å²) in [5, 5.41) is 6.13. The Morgan fingerprint density at radius 1 is 0.941 bits per heavy atom. The molecule has 1 aromatic carbocycles. The minimum atomic E-state index is -0.173. The van der Waals surface area contributed by atoms with Crippen molar-refractivity contribution in [2.45, 2.75) is 70.9 Å². The number of rotatable bonds is 7. The van der Waals surface area contributed by atoms with E-state index in [1.807, 2.05) is 43.0 Å². The minimum Gasteiger partial charge on any atom is -0.368 e. The quantitative estimate of drug-likeness (QED) is 0.641. The van der Waals surface area contributed by atoms with E-state index in [4.69, 9.17) is 0 Å². The second-order valence-electron chi connectivity index (χ2n) is 10.2. The van der Waals surface area contributed by atoms with E-state index in [0.29, 0.717) is 19.1 Å². The number of piperazine rings is 1. The highest BCUT2D eigenvalue weighted by molar-refractivity contribution is 5.95. The Labute approximate surface area is 203 Å². The zero-order valence-corrected chi connectivity index (χ0v) is 20.6. The fourth-order valence-corrected chi connectivity index (χ4v) is 4.87. The van der Waals surface area contributed by atoms with Crippen LogP contribution in [0.15, 0.2) is 24.3 Å². The predicted molar refractivity (Wildman–Crippen MR) is 134 cm³/mol. The number of hydrogen-bond acceptors (Lipinski definition) is 4. The monoisotopic (exact) mass is 469 g/mol. The third-order valence-electron chi connectivity index (χ3n) is 7.16. The number of hydrogen-bond donors (Lipinski definition) is 2. The maximum absolute atomic E-state index is 12.6. The van der Waals surface area contributed by atoms with Gasteiger partial charge in [-0.15, -0.1) is 0 Å². The molecule has 8 heteroatoms. The van der Waals surface area contributed by atoms with Gasteiger partial charge in [0.2, 0.25) is 11.8 Å². The molecule has 2 saturated carbocycles. The molecule has 8 nitrogen and oxygen atoms in total. The maximum atomic E-state index is 12.6. The molecule has 1 aromatic rings. The van der Waals surface area contributed by atoms with Gasteiger partial charge in [0, 0.05) is 55.6 Å². The van der Waals surface area contributed by atoms with E-state index in [0.717, 1.165) is 50.1 Å². The lowest BCUT2D eigenvalue weighted by molar-refractivity contribution is -0.137. The smallest absolute Gasteiger partial charge is 0.317 e. The molecule has 0 atom stereocenters. The number of amides is 4. The molecule has 3 fully saturated rings. The van der Waals surface area contributed by atoms with Gasteiger partial charge in [0.05, 0.1) is 0 Å². The molecule has 4 rings (SSSR count). The van der Waals surface area contributed by atoms with Crippen molar-refractivity contribution < 1.29 is 14.4 Å². The van der Waals surface area contributed by atoms with Crippen LogP contribution >= 0.6 is 0 Å². The molecule has 0 aromatic heterocycles. The van der Waals surface area contributed by atoms with Crippen LogP contribution in [0, 0.1) is 5.92 Å². The summed E-state index contributed by atoms with van der Waals surface area (Å²) in [6, 6.07) is 8.22. The first kappa shape index (κ1) is 24.4. The Kier molecular flexibility index (Phi) is 7.95. The van der Waals surface area contributed by atoms with Gasteiger partial charge in [-0.2, -0.15) is 0 Å². The molecular formula is C26H39N5O3. The first-order chi connectivity index (χ1) is 16.4. The molecule has 0 spiro atoms. The van der Waals surface area contributed by atoms with Crippen LogP contribution in [0.25, 0.3) is 0 Å². The van der Waals surface area contributed by atoms with Crippen LogP contribution in [0.4, 0.5) is 16.2 Å². The van der Waals surface area contributed by atoms with Crippen LogP contribution in [0.2, 0.25) is 0 Å². The van der Waals surface area contributed by atoms with E-state index < -0.39 is 0 Å². The normalized spacial score (nSPS) is 19.1. The van der Waals surface area contributed by atoms with E-state index >= 15 is 0 Å². The van der Waals surface area contributed by atoms with Gasteiger partial charge in [-0.25, -0.2) is 4.79 Å². The molecule has 2 N–H and O–H groups in total.